The van der Waals surface area contributed by atoms with Crippen LogP contribution in [0.3, 0.4) is 0 Å². The third kappa shape index (κ3) is 5.88. The van der Waals surface area contributed by atoms with Gasteiger partial charge in [0, 0.05) is 61.8 Å². The lowest BCUT2D eigenvalue weighted by Gasteiger charge is -2.32. The van der Waals surface area contributed by atoms with E-state index in [-0.39, 0.29) is 37.0 Å². The maximum absolute atomic E-state index is 15.1. The van der Waals surface area contributed by atoms with Gasteiger partial charge in [-0.2, -0.15) is 0 Å². The van der Waals surface area contributed by atoms with E-state index in [1.807, 2.05) is 33.9 Å². The number of nitrogens with one attached hydrogen (secondary N) is 2. The van der Waals surface area contributed by atoms with Gasteiger partial charge in [0.25, 0.3) is 5.91 Å². The van der Waals surface area contributed by atoms with Crippen LogP contribution in [0, 0.1) is 5.82 Å². The van der Waals surface area contributed by atoms with Crippen molar-refractivity contribution in [3.63, 3.8) is 0 Å². The monoisotopic (exact) mass is 506 g/mol. The summed E-state index contributed by atoms with van der Waals surface area (Å²) in [6.07, 6.45) is 1.18. The number of aldehydes is 1. The van der Waals surface area contributed by atoms with E-state index in [1.165, 1.54) is 18.0 Å². The van der Waals surface area contributed by atoms with Crippen LogP contribution < -0.4 is 10.6 Å². The number of fused-ring (bicyclic) bond motifs is 1. The zero-order valence-electron chi connectivity index (χ0n) is 21.7. The number of likely N-dealkylation sites (N-methyl/N-ethyl adjacent to an activating group) is 1. The highest BCUT2D eigenvalue weighted by atomic mass is 19.1. The van der Waals surface area contributed by atoms with Crippen molar-refractivity contribution >= 4 is 39.5 Å². The Morgan fingerprint density at radius 3 is 2.70 bits per heavy atom. The van der Waals surface area contributed by atoms with Crippen molar-refractivity contribution in [3.8, 4) is 0 Å². The van der Waals surface area contributed by atoms with Crippen LogP contribution in [0.1, 0.15) is 39.9 Å². The van der Waals surface area contributed by atoms with Gasteiger partial charge in [0.2, 0.25) is 5.91 Å². The van der Waals surface area contributed by atoms with Gasteiger partial charge in [-0.3, -0.25) is 14.5 Å². The summed E-state index contributed by atoms with van der Waals surface area (Å²) < 4.78 is 20.5. The number of ether oxygens (including phenoxy) is 1. The summed E-state index contributed by atoms with van der Waals surface area (Å²) in [5.74, 6) is -0.867. The molecule has 194 valence electrons. The van der Waals surface area contributed by atoms with Crippen LogP contribution in [0.2, 0.25) is 0 Å². The molecule has 2 aliphatic heterocycles. The van der Waals surface area contributed by atoms with E-state index in [0.717, 1.165) is 37.0 Å². The molecule has 0 aliphatic carbocycles. The fraction of sp³-hybridized carbons (Fsp3) is 0.423. The normalized spacial score (nSPS) is 16.8. The summed E-state index contributed by atoms with van der Waals surface area (Å²) in [7, 11) is 5.34. The number of hydrogen-bond donors (Lipinski definition) is 2. The van der Waals surface area contributed by atoms with Crippen molar-refractivity contribution in [1.82, 2.24) is 15.1 Å². The van der Waals surface area contributed by atoms with Gasteiger partial charge in [0.15, 0.2) is 0 Å². The smallest absolute Gasteiger partial charge is 0.255 e. The standard InChI is InChI=1S/C26H33B2FN4O4/c1-30-24(35)23(6-3-11-34)33-16-19-18(25(33)36)4-2-5-22(19)31-26(27,28)20-14-17(7-8-21(20)29)15-32-9-12-37-13-10-32/h2,4-5,7-8,11,14,23,31H,3,6,9-10,12-13,15-16,27-28H2,1H3,(H,30,35). The Bertz CT molecular complexity index is 1170. The molecule has 2 aromatic rings. The number of morpholine rings is 1. The number of nitrogens with zero attached hydrogens (tertiary/aromatic N) is 2. The molecular formula is C26H33B2FN4O4. The summed E-state index contributed by atoms with van der Waals surface area (Å²) in [4.78, 5) is 40.5. The Kier molecular flexibility index (Phi) is 8.34. The first-order valence-electron chi connectivity index (χ1n) is 12.7. The zero-order chi connectivity index (χ0) is 26.6. The Labute approximate surface area is 218 Å². The quantitative estimate of drug-likeness (QED) is 0.354. The largest absolute Gasteiger partial charge is 0.391 e. The number of hydrogen-bond acceptors (Lipinski definition) is 6. The number of halogens is 1. The summed E-state index contributed by atoms with van der Waals surface area (Å²) in [5, 5.41) is 5.28. The average molecular weight is 506 g/mol. The Balaban J connectivity index is 1.58. The number of amides is 2. The highest BCUT2D eigenvalue weighted by molar-refractivity contribution is 6.41. The molecule has 0 bridgehead atoms. The average Bonchev–Trinajstić information content (AvgIpc) is 3.22. The van der Waals surface area contributed by atoms with Crippen LogP contribution >= 0.6 is 0 Å². The van der Waals surface area contributed by atoms with E-state index < -0.39 is 11.4 Å². The first-order chi connectivity index (χ1) is 17.7. The van der Waals surface area contributed by atoms with Crippen molar-refractivity contribution in [2.24, 2.45) is 0 Å². The van der Waals surface area contributed by atoms with E-state index in [0.29, 0.717) is 30.0 Å². The molecule has 2 amide bonds. The molecule has 1 saturated heterocycles. The minimum Gasteiger partial charge on any atom is -0.391 e. The summed E-state index contributed by atoms with van der Waals surface area (Å²) in [6, 6.07) is 9.87. The lowest BCUT2D eigenvalue weighted by Crippen LogP contribution is -2.46. The molecule has 11 heteroatoms. The molecule has 1 fully saturated rings. The molecule has 2 heterocycles. The van der Waals surface area contributed by atoms with Gasteiger partial charge in [-0.25, -0.2) is 4.39 Å². The third-order valence-electron chi connectivity index (χ3n) is 7.14. The predicted octanol–water partition coefficient (Wildman–Crippen LogP) is 0.196. The molecule has 2 aliphatic rings. The lowest BCUT2D eigenvalue weighted by molar-refractivity contribution is -0.125. The van der Waals surface area contributed by atoms with E-state index in [1.54, 1.807) is 12.1 Å². The number of anilines is 1. The van der Waals surface area contributed by atoms with Crippen LogP contribution in [0.4, 0.5) is 10.1 Å². The van der Waals surface area contributed by atoms with Crippen LogP contribution in [0.15, 0.2) is 36.4 Å². The highest BCUT2D eigenvalue weighted by Gasteiger charge is 2.37. The SMILES string of the molecule is BC(B)(Nc1cccc2c1CN(C(CCC=O)C(=O)NC)C2=O)c1cc(CN2CCOCC2)ccc1F. The molecule has 0 aromatic heterocycles. The highest BCUT2D eigenvalue weighted by Crippen LogP contribution is 2.34. The Hall–Kier alpha value is -3.17. The zero-order valence-corrected chi connectivity index (χ0v) is 21.7. The summed E-state index contributed by atoms with van der Waals surface area (Å²) in [6.45, 7) is 4.04. The number of rotatable bonds is 10. The summed E-state index contributed by atoms with van der Waals surface area (Å²) >= 11 is 0. The second-order valence-corrected chi connectivity index (χ2v) is 10.1. The van der Waals surface area contributed by atoms with Crippen molar-refractivity contribution in [2.45, 2.75) is 37.3 Å². The molecule has 0 radical (unpaired) electrons. The van der Waals surface area contributed by atoms with Crippen LogP contribution in [0.25, 0.3) is 0 Å². The Morgan fingerprint density at radius 2 is 2.00 bits per heavy atom. The van der Waals surface area contributed by atoms with Crippen LogP contribution in [0.5, 0.6) is 0 Å². The summed E-state index contributed by atoms with van der Waals surface area (Å²) in [5.41, 5.74) is 3.53. The first-order valence-corrected chi connectivity index (χ1v) is 12.7. The first kappa shape index (κ1) is 26.9. The van der Waals surface area contributed by atoms with Crippen LogP contribution in [-0.4, -0.2) is 83.0 Å². The predicted molar refractivity (Wildman–Crippen MR) is 144 cm³/mol. The molecule has 1 unspecified atom stereocenters. The van der Waals surface area contributed by atoms with Gasteiger partial charge in [-0.15, -0.1) is 0 Å². The number of carbonyl (C=O) groups excluding carboxylic acids is 3. The van der Waals surface area contributed by atoms with Gasteiger partial charge in [-0.05, 0) is 35.7 Å². The van der Waals surface area contributed by atoms with Gasteiger partial charge in [-0.1, -0.05) is 18.2 Å². The topological polar surface area (TPSA) is 91.0 Å². The molecule has 2 N–H and O–H groups in total. The van der Waals surface area contributed by atoms with Crippen molar-refractivity contribution in [3.05, 3.63) is 64.5 Å². The minimum atomic E-state index is -0.783. The van der Waals surface area contributed by atoms with Crippen molar-refractivity contribution in [1.29, 1.82) is 0 Å². The third-order valence-corrected chi connectivity index (χ3v) is 7.14. The van der Waals surface area contributed by atoms with E-state index in [9.17, 15) is 14.4 Å². The molecule has 37 heavy (non-hydrogen) atoms. The number of benzene rings is 2. The van der Waals surface area contributed by atoms with E-state index >= 15 is 4.39 Å². The Morgan fingerprint density at radius 1 is 1.24 bits per heavy atom. The molecule has 8 nitrogen and oxygen atoms in total. The lowest BCUT2D eigenvalue weighted by atomic mass is 9.57. The maximum atomic E-state index is 15.1. The van der Waals surface area contributed by atoms with E-state index in [2.05, 4.69) is 15.5 Å². The van der Waals surface area contributed by atoms with Crippen molar-refractivity contribution < 1.29 is 23.5 Å². The molecular weight excluding hydrogens is 473 g/mol. The second-order valence-electron chi connectivity index (χ2n) is 10.1. The van der Waals surface area contributed by atoms with E-state index in [4.69, 9.17) is 4.74 Å². The van der Waals surface area contributed by atoms with Gasteiger partial charge in [0.1, 0.15) is 33.8 Å². The number of carbonyl (C=O) groups is 3. The van der Waals surface area contributed by atoms with Crippen LogP contribution in [-0.2, 0) is 32.8 Å². The maximum Gasteiger partial charge on any atom is 0.255 e. The van der Waals surface area contributed by atoms with Crippen molar-refractivity contribution in [2.75, 3.05) is 38.7 Å². The molecule has 0 saturated carbocycles. The molecule has 2 aromatic carbocycles. The fourth-order valence-electron chi connectivity index (χ4n) is 5.12. The fourth-order valence-corrected chi connectivity index (χ4v) is 5.12. The molecule has 4 rings (SSSR count). The van der Waals surface area contributed by atoms with Gasteiger partial charge in [0.05, 0.1) is 13.2 Å². The molecule has 0 spiro atoms. The van der Waals surface area contributed by atoms with Gasteiger partial charge < -0.3 is 25.1 Å². The van der Waals surface area contributed by atoms with Gasteiger partial charge >= 0.3 is 0 Å². The minimum absolute atomic E-state index is 0.177. The molecule has 1 atom stereocenters. The second kappa shape index (κ2) is 11.5.